The Morgan fingerprint density at radius 3 is 2.71 bits per heavy atom. The van der Waals surface area contributed by atoms with Crippen LogP contribution >= 0.6 is 27.3 Å². The lowest BCUT2D eigenvalue weighted by molar-refractivity contribution is 1.46. The fourth-order valence-corrected chi connectivity index (χ4v) is 3.32. The molecule has 0 atom stereocenters. The fraction of sp³-hybridized carbons (Fsp3) is 0. The molecular weight excluding hydrogens is 190 g/mol. The summed E-state index contributed by atoms with van der Waals surface area (Å²) in [5.41, 5.74) is 0. The summed E-state index contributed by atoms with van der Waals surface area (Å²) in [5, 5.41) is 0. The summed E-state index contributed by atoms with van der Waals surface area (Å²) >= 11 is 5.02. The summed E-state index contributed by atoms with van der Waals surface area (Å²) in [4.78, 5) is 4.05. The highest BCUT2D eigenvalue weighted by Crippen LogP contribution is 2.10. The maximum Gasteiger partial charge on any atom is 0.0894 e. The van der Waals surface area contributed by atoms with Crippen molar-refractivity contribution in [2.45, 2.75) is 0 Å². The van der Waals surface area contributed by atoms with Crippen molar-refractivity contribution in [3.8, 4) is 0 Å². The third-order valence-corrected chi connectivity index (χ3v) is 2.86. The van der Waals surface area contributed by atoms with Gasteiger partial charge in [-0.2, -0.15) is 0 Å². The number of rotatable bonds is 0. The van der Waals surface area contributed by atoms with Crippen LogP contribution in [0, 0.1) is 0 Å². The zero-order valence-corrected chi connectivity index (χ0v) is 8.21. The molecule has 0 spiro atoms. The molecule has 0 amide bonds. The Morgan fingerprint density at radius 1 is 1.86 bits per heavy atom. The van der Waals surface area contributed by atoms with Crippen molar-refractivity contribution in [3.05, 3.63) is 9.98 Å². The molecule has 1 aromatic rings. The van der Waals surface area contributed by atoms with Gasteiger partial charge in [-0.3, -0.25) is 4.98 Å². The molecule has 1 aromatic heterocycles. The first-order chi connectivity index (χ1) is 3.29. The third kappa shape index (κ3) is 1.36. The third-order valence-electron chi connectivity index (χ3n) is 0.593. The topological polar surface area (TPSA) is 12.9 Å². The molecule has 0 aromatic carbocycles. The number of thiazole rings is 1. The molecule has 0 N–H and O–H groups in total. The maximum atomic E-state index is 4.05. The largest absolute Gasteiger partial charge is 0.255 e. The van der Waals surface area contributed by atoms with Gasteiger partial charge in [0.05, 0.1) is 24.9 Å². The Balaban J connectivity index is 3.04. The summed E-state index contributed by atoms with van der Waals surface area (Å²) in [6, 6.07) is 0. The van der Waals surface area contributed by atoms with E-state index in [1.54, 1.807) is 11.3 Å². The van der Waals surface area contributed by atoms with Crippen molar-refractivity contribution in [1.82, 2.24) is 4.98 Å². The van der Waals surface area contributed by atoms with Crippen molar-refractivity contribution < 1.29 is 0 Å². The summed E-state index contributed by atoms with van der Waals surface area (Å²) in [7, 11) is 1.07. The minimum absolute atomic E-state index is 1.07. The van der Waals surface area contributed by atoms with E-state index in [1.807, 2.05) is 6.20 Å². The highest BCUT2D eigenvalue weighted by atomic mass is 79.9. The number of aromatic nitrogens is 1. The van der Waals surface area contributed by atoms with Gasteiger partial charge in [-0.15, -0.1) is 11.3 Å². The molecule has 0 aliphatic carbocycles. The minimum atomic E-state index is 1.07. The highest BCUT2D eigenvalue weighted by molar-refractivity contribution is 9.11. The van der Waals surface area contributed by atoms with Gasteiger partial charge in [0.25, 0.3) is 0 Å². The number of halogens is 1. The van der Waals surface area contributed by atoms with Crippen LogP contribution in [-0.2, 0) is 0 Å². The van der Waals surface area contributed by atoms with E-state index >= 15 is 0 Å². The minimum Gasteiger partial charge on any atom is -0.255 e. The molecule has 7 heavy (non-hydrogen) atoms. The molecule has 0 aliphatic rings. The first kappa shape index (κ1) is 5.46. The van der Waals surface area contributed by atoms with Crippen LogP contribution in [0.15, 0.2) is 9.98 Å². The molecule has 1 nitrogen and oxygen atoms in total. The maximum absolute atomic E-state index is 4.05. The van der Waals surface area contributed by atoms with E-state index in [0.29, 0.717) is 0 Å². The van der Waals surface area contributed by atoms with Crippen molar-refractivity contribution in [2.24, 2.45) is 0 Å². The molecule has 0 fully saturated rings. The van der Waals surface area contributed by atoms with Crippen LogP contribution in [0.1, 0.15) is 0 Å². The quantitative estimate of drug-likeness (QED) is 0.525. The Kier molecular flexibility index (Phi) is 1.61. The first-order valence-electron chi connectivity index (χ1n) is 1.87. The molecular formula is C3H4BrNSSi. The molecule has 0 bridgehead atoms. The highest BCUT2D eigenvalue weighted by Gasteiger charge is 1.87. The summed E-state index contributed by atoms with van der Waals surface area (Å²) in [6.07, 6.45) is 1.84. The van der Waals surface area contributed by atoms with Gasteiger partial charge < -0.3 is 0 Å². The average molecular weight is 194 g/mol. The molecule has 1 heterocycles. The van der Waals surface area contributed by atoms with E-state index in [1.165, 1.54) is 4.63 Å². The fourth-order valence-electron chi connectivity index (χ4n) is 0.335. The molecule has 1 rings (SSSR count). The van der Waals surface area contributed by atoms with E-state index in [4.69, 9.17) is 0 Å². The molecule has 4 heteroatoms. The Hall–Kier alpha value is 0.327. The van der Waals surface area contributed by atoms with Gasteiger partial charge in [0.2, 0.25) is 0 Å². The summed E-state index contributed by atoms with van der Waals surface area (Å²) in [5.74, 6) is 0. The van der Waals surface area contributed by atoms with Gasteiger partial charge in [0, 0.05) is 0 Å². The van der Waals surface area contributed by atoms with Crippen LogP contribution < -0.4 is 4.63 Å². The van der Waals surface area contributed by atoms with Gasteiger partial charge in [-0.05, 0) is 15.9 Å². The Morgan fingerprint density at radius 2 is 2.57 bits per heavy atom. The van der Waals surface area contributed by atoms with Gasteiger partial charge >= 0.3 is 0 Å². The van der Waals surface area contributed by atoms with Gasteiger partial charge in [-0.1, -0.05) is 0 Å². The lowest BCUT2D eigenvalue weighted by atomic mass is 11.0. The van der Waals surface area contributed by atoms with Crippen LogP contribution in [0.3, 0.4) is 0 Å². The van der Waals surface area contributed by atoms with E-state index < -0.39 is 0 Å². The second kappa shape index (κ2) is 2.06. The molecule has 0 saturated carbocycles. The summed E-state index contributed by atoms with van der Waals surface area (Å²) in [6.45, 7) is 0. The van der Waals surface area contributed by atoms with Crippen LogP contribution in [-0.4, -0.2) is 15.2 Å². The molecule has 38 valence electrons. The van der Waals surface area contributed by atoms with E-state index in [-0.39, 0.29) is 0 Å². The molecule has 0 unspecified atom stereocenters. The summed E-state index contributed by atoms with van der Waals surface area (Å²) < 4.78 is 2.38. The van der Waals surface area contributed by atoms with E-state index in [2.05, 4.69) is 20.9 Å². The number of nitrogens with zero attached hydrogens (tertiary/aromatic N) is 1. The monoisotopic (exact) mass is 193 g/mol. The number of hydrogen-bond donors (Lipinski definition) is 0. The van der Waals surface area contributed by atoms with E-state index in [9.17, 15) is 0 Å². The van der Waals surface area contributed by atoms with Crippen LogP contribution in [0.2, 0.25) is 0 Å². The zero-order chi connectivity index (χ0) is 5.28. The SMILES string of the molecule is [SiH3]c1ncc(Br)s1. The first-order valence-corrected chi connectivity index (χ1v) is 4.48. The van der Waals surface area contributed by atoms with Gasteiger partial charge in [0.15, 0.2) is 0 Å². The molecule has 0 aliphatic heterocycles. The molecule has 0 saturated heterocycles. The van der Waals surface area contributed by atoms with Gasteiger partial charge in [-0.25, -0.2) is 0 Å². The van der Waals surface area contributed by atoms with Gasteiger partial charge in [0.1, 0.15) is 0 Å². The lowest BCUT2D eigenvalue weighted by Gasteiger charge is -1.67. The second-order valence-electron chi connectivity index (χ2n) is 1.18. The predicted octanol–water partition coefficient (Wildman–Crippen LogP) is -0.104. The number of hydrogen-bond acceptors (Lipinski definition) is 2. The van der Waals surface area contributed by atoms with Crippen molar-refractivity contribution in [1.29, 1.82) is 0 Å². The second-order valence-corrected chi connectivity index (χ2v) is 5.47. The van der Waals surface area contributed by atoms with Crippen LogP contribution in [0.25, 0.3) is 0 Å². The molecule has 0 radical (unpaired) electrons. The standard InChI is InChI=1S/C3H4BrNSSi/c4-2-1-5-3(7)6-2/h1H,7H3. The average Bonchev–Trinajstić information content (AvgIpc) is 1.87. The Bertz CT molecular complexity index is 147. The predicted molar refractivity (Wildman–Crippen MR) is 39.4 cm³/mol. The Labute approximate surface area is 57.3 Å². The van der Waals surface area contributed by atoms with Crippen molar-refractivity contribution in [2.75, 3.05) is 0 Å². The lowest BCUT2D eigenvalue weighted by Crippen LogP contribution is -1.95. The normalized spacial score (nSPS) is 9.86. The zero-order valence-electron chi connectivity index (χ0n) is 3.81. The van der Waals surface area contributed by atoms with Crippen LogP contribution in [0.4, 0.5) is 0 Å². The van der Waals surface area contributed by atoms with Crippen LogP contribution in [0.5, 0.6) is 0 Å². The smallest absolute Gasteiger partial charge is 0.0894 e. The van der Waals surface area contributed by atoms with Crippen molar-refractivity contribution >= 4 is 42.1 Å². The van der Waals surface area contributed by atoms with Crippen molar-refractivity contribution in [3.63, 3.8) is 0 Å². The van der Waals surface area contributed by atoms with E-state index in [0.717, 1.165) is 14.0 Å².